The van der Waals surface area contributed by atoms with Crippen molar-refractivity contribution in [1.82, 2.24) is 19.4 Å². The van der Waals surface area contributed by atoms with E-state index < -0.39 is 0 Å². The summed E-state index contributed by atoms with van der Waals surface area (Å²) >= 11 is 0. The molecule has 1 aromatic rings. The molecule has 0 radical (unpaired) electrons. The van der Waals surface area contributed by atoms with Crippen LogP contribution in [0.1, 0.15) is 18.7 Å². The summed E-state index contributed by atoms with van der Waals surface area (Å²) in [5.74, 6) is 1.40. The fourth-order valence-electron chi connectivity index (χ4n) is 3.32. The van der Waals surface area contributed by atoms with Gasteiger partial charge in [0.05, 0.1) is 12.0 Å². The molecular formula is C13H20N4O. The van der Waals surface area contributed by atoms with Gasteiger partial charge in [0, 0.05) is 39.6 Å². The second-order valence-corrected chi connectivity index (χ2v) is 5.71. The number of carbonyl (C=O) groups is 1. The van der Waals surface area contributed by atoms with E-state index in [0.717, 1.165) is 44.8 Å². The first kappa shape index (κ1) is 11.7. The Morgan fingerprint density at radius 2 is 2.22 bits per heavy atom. The number of aryl methyl sites for hydroxylation is 1. The molecule has 98 valence electrons. The van der Waals surface area contributed by atoms with Crippen molar-refractivity contribution in [3.8, 4) is 0 Å². The van der Waals surface area contributed by atoms with E-state index in [2.05, 4.69) is 14.5 Å². The minimum Gasteiger partial charge on any atom is -0.344 e. The van der Waals surface area contributed by atoms with E-state index in [0.29, 0.717) is 5.91 Å². The third-order valence-corrected chi connectivity index (χ3v) is 4.28. The van der Waals surface area contributed by atoms with Gasteiger partial charge in [0.1, 0.15) is 5.82 Å². The molecule has 1 amide bonds. The van der Waals surface area contributed by atoms with Gasteiger partial charge < -0.3 is 9.47 Å². The maximum atomic E-state index is 12.0. The number of rotatable bonds is 2. The van der Waals surface area contributed by atoms with Crippen LogP contribution in [-0.2, 0) is 18.4 Å². The molecule has 3 rings (SSSR count). The highest BCUT2D eigenvalue weighted by atomic mass is 16.2. The first-order valence-corrected chi connectivity index (χ1v) is 6.55. The second-order valence-electron chi connectivity index (χ2n) is 5.71. The van der Waals surface area contributed by atoms with Crippen LogP contribution in [0.3, 0.4) is 0 Å². The lowest BCUT2D eigenvalue weighted by Crippen LogP contribution is -2.65. The molecule has 1 atom stereocenters. The van der Waals surface area contributed by atoms with Crippen molar-refractivity contribution in [3.63, 3.8) is 0 Å². The molecule has 5 nitrogen and oxygen atoms in total. The Hall–Kier alpha value is -1.36. The van der Waals surface area contributed by atoms with Crippen molar-refractivity contribution in [3.05, 3.63) is 18.2 Å². The Morgan fingerprint density at radius 1 is 1.39 bits per heavy atom. The number of β-lactam (4-membered cyclic amide) rings is 1. The average Bonchev–Trinajstić information content (AvgIpc) is 2.75. The molecule has 3 heterocycles. The molecule has 5 heteroatoms. The van der Waals surface area contributed by atoms with Gasteiger partial charge in [0.2, 0.25) is 5.91 Å². The van der Waals surface area contributed by atoms with Crippen molar-refractivity contribution >= 4 is 5.91 Å². The Morgan fingerprint density at radius 3 is 2.83 bits per heavy atom. The van der Waals surface area contributed by atoms with Gasteiger partial charge in [-0.1, -0.05) is 0 Å². The SMILES string of the molecule is CN1C[C@]2(CCCN(Cc3nccn3C)C2)C1=O. The first-order valence-electron chi connectivity index (χ1n) is 6.55. The van der Waals surface area contributed by atoms with E-state index in [4.69, 9.17) is 0 Å². The van der Waals surface area contributed by atoms with Crippen LogP contribution in [0, 0.1) is 5.41 Å². The highest BCUT2D eigenvalue weighted by molar-refractivity contribution is 5.88. The molecule has 0 saturated carbocycles. The minimum absolute atomic E-state index is 0.0852. The third kappa shape index (κ3) is 1.73. The molecule has 0 bridgehead atoms. The standard InChI is InChI=1S/C13H20N4O/c1-15-7-5-14-11(15)8-17-6-3-4-13(10-17)9-16(2)12(13)18/h5,7H,3-4,6,8-10H2,1-2H3/t13-/m0/s1. The van der Waals surface area contributed by atoms with Crippen LogP contribution in [-0.4, -0.2) is 51.9 Å². The lowest BCUT2D eigenvalue weighted by Gasteiger charge is -2.51. The molecule has 2 fully saturated rings. The molecular weight excluding hydrogens is 228 g/mol. The van der Waals surface area contributed by atoms with Gasteiger partial charge in [-0.05, 0) is 19.4 Å². The Bertz CT molecular complexity index is 465. The van der Waals surface area contributed by atoms with Gasteiger partial charge in [0.15, 0.2) is 0 Å². The summed E-state index contributed by atoms with van der Waals surface area (Å²) in [6.07, 6.45) is 5.96. The van der Waals surface area contributed by atoms with Crippen molar-refractivity contribution in [2.75, 3.05) is 26.7 Å². The number of likely N-dealkylation sites (tertiary alicyclic amines) is 2. The van der Waals surface area contributed by atoms with E-state index >= 15 is 0 Å². The number of amides is 1. The summed E-state index contributed by atoms with van der Waals surface area (Å²) in [4.78, 5) is 20.6. The van der Waals surface area contributed by atoms with E-state index in [9.17, 15) is 4.79 Å². The number of aromatic nitrogens is 2. The van der Waals surface area contributed by atoms with Crippen LogP contribution >= 0.6 is 0 Å². The molecule has 2 saturated heterocycles. The van der Waals surface area contributed by atoms with Crippen molar-refractivity contribution in [1.29, 1.82) is 0 Å². The van der Waals surface area contributed by atoms with E-state index in [1.54, 1.807) is 0 Å². The number of piperidine rings is 1. The van der Waals surface area contributed by atoms with Crippen LogP contribution in [0.25, 0.3) is 0 Å². The van der Waals surface area contributed by atoms with Crippen LogP contribution in [0.15, 0.2) is 12.4 Å². The Kier molecular flexibility index (Phi) is 2.66. The largest absolute Gasteiger partial charge is 0.344 e. The Balaban J connectivity index is 1.68. The normalized spacial score (nSPS) is 28.8. The smallest absolute Gasteiger partial charge is 0.231 e. The molecule has 0 aliphatic carbocycles. The Labute approximate surface area is 107 Å². The zero-order valence-corrected chi connectivity index (χ0v) is 11.1. The zero-order chi connectivity index (χ0) is 12.8. The van der Waals surface area contributed by atoms with Crippen molar-refractivity contribution < 1.29 is 4.79 Å². The van der Waals surface area contributed by atoms with Crippen molar-refractivity contribution in [2.24, 2.45) is 12.5 Å². The summed E-state index contributed by atoms with van der Waals surface area (Å²) in [5.41, 5.74) is -0.0852. The summed E-state index contributed by atoms with van der Waals surface area (Å²) < 4.78 is 2.05. The van der Waals surface area contributed by atoms with Gasteiger partial charge in [-0.3, -0.25) is 9.69 Å². The van der Waals surface area contributed by atoms with E-state index in [1.807, 2.05) is 31.4 Å². The van der Waals surface area contributed by atoms with Crippen LogP contribution in [0.5, 0.6) is 0 Å². The predicted octanol–water partition coefficient (Wildman–Crippen LogP) is 0.474. The maximum Gasteiger partial charge on any atom is 0.231 e. The molecule has 1 aromatic heterocycles. The fraction of sp³-hybridized carbons (Fsp3) is 0.692. The van der Waals surface area contributed by atoms with Crippen molar-refractivity contribution in [2.45, 2.75) is 19.4 Å². The molecule has 2 aliphatic heterocycles. The third-order valence-electron chi connectivity index (χ3n) is 4.28. The van der Waals surface area contributed by atoms with Gasteiger partial charge in [-0.2, -0.15) is 0 Å². The quantitative estimate of drug-likeness (QED) is 0.715. The topological polar surface area (TPSA) is 41.4 Å². The summed E-state index contributed by atoms with van der Waals surface area (Å²) in [7, 11) is 3.91. The molecule has 1 spiro atoms. The molecule has 0 N–H and O–H groups in total. The maximum absolute atomic E-state index is 12.0. The average molecular weight is 248 g/mol. The van der Waals surface area contributed by atoms with Gasteiger partial charge in [-0.15, -0.1) is 0 Å². The fourth-order valence-corrected chi connectivity index (χ4v) is 3.32. The number of hydrogen-bond acceptors (Lipinski definition) is 3. The van der Waals surface area contributed by atoms with E-state index in [1.165, 1.54) is 0 Å². The van der Waals surface area contributed by atoms with Gasteiger partial charge in [0.25, 0.3) is 0 Å². The molecule has 0 aromatic carbocycles. The predicted molar refractivity (Wildman–Crippen MR) is 67.8 cm³/mol. The lowest BCUT2D eigenvalue weighted by molar-refractivity contribution is -0.163. The highest BCUT2D eigenvalue weighted by Crippen LogP contribution is 2.39. The van der Waals surface area contributed by atoms with Crippen LogP contribution < -0.4 is 0 Å². The molecule has 0 unspecified atom stereocenters. The summed E-state index contributed by atoms with van der Waals surface area (Å²) in [6.45, 7) is 3.74. The summed E-state index contributed by atoms with van der Waals surface area (Å²) in [5, 5.41) is 0. The second kappa shape index (κ2) is 4.09. The number of carbonyl (C=O) groups excluding carboxylic acids is 1. The lowest BCUT2D eigenvalue weighted by atomic mass is 9.72. The summed E-state index contributed by atoms with van der Waals surface area (Å²) in [6, 6.07) is 0. The zero-order valence-electron chi connectivity index (χ0n) is 11.1. The van der Waals surface area contributed by atoms with Crippen LogP contribution in [0.2, 0.25) is 0 Å². The molecule has 2 aliphatic rings. The van der Waals surface area contributed by atoms with Crippen LogP contribution in [0.4, 0.5) is 0 Å². The number of imidazole rings is 1. The number of nitrogens with zero attached hydrogens (tertiary/aromatic N) is 4. The minimum atomic E-state index is -0.0852. The molecule has 18 heavy (non-hydrogen) atoms. The highest BCUT2D eigenvalue weighted by Gasteiger charge is 2.52. The van der Waals surface area contributed by atoms with Gasteiger partial charge in [-0.25, -0.2) is 4.98 Å². The van der Waals surface area contributed by atoms with Gasteiger partial charge >= 0.3 is 0 Å². The van der Waals surface area contributed by atoms with E-state index in [-0.39, 0.29) is 5.41 Å². The monoisotopic (exact) mass is 248 g/mol. The first-order chi connectivity index (χ1) is 8.61. The number of hydrogen-bond donors (Lipinski definition) is 0.